The van der Waals surface area contributed by atoms with Crippen LogP contribution in [0, 0.1) is 11.5 Å². The molecule has 6 heteroatoms. The number of benzene rings is 2. The van der Waals surface area contributed by atoms with Crippen LogP contribution in [-0.4, -0.2) is 18.0 Å². The zero-order chi connectivity index (χ0) is 28.7. The third-order valence-corrected chi connectivity index (χ3v) is 8.00. The van der Waals surface area contributed by atoms with Crippen LogP contribution < -0.4 is 9.97 Å². The second kappa shape index (κ2) is 11.6. The van der Waals surface area contributed by atoms with E-state index in [4.69, 9.17) is 19.9 Å². The van der Waals surface area contributed by atoms with E-state index in [1.165, 1.54) is 0 Å². The number of nitrogens with zero attached hydrogens (tertiary/aromatic N) is 4. The average molecular weight is 622 g/mol. The first-order valence-electron chi connectivity index (χ1n) is 14.1. The van der Waals surface area contributed by atoms with Gasteiger partial charge in [-0.15, -0.1) is 27.6 Å². The molecule has 0 fully saturated rings. The molecule has 0 atom stereocenters. The van der Waals surface area contributed by atoms with Crippen LogP contribution in [0.4, 0.5) is 0 Å². The Morgan fingerprint density at radius 2 is 1.14 bits per heavy atom. The summed E-state index contributed by atoms with van der Waals surface area (Å²) in [6, 6.07) is 30.9. The van der Waals surface area contributed by atoms with Crippen molar-refractivity contribution in [1.29, 1.82) is 0 Å². The first-order valence-corrected chi connectivity index (χ1v) is 17.6. The SMILES string of the molecule is C[Si](C)(C)C#Cc1c2nc(c(-c3ccccc3)c3ccc(cc4nc(c(-c5ccccc5)c5ccc1[n-]5)C=C4)[n-]3)C=C2.[Zn+2]. The molecule has 2 aliphatic heterocycles. The normalized spacial score (nSPS) is 12.0. The van der Waals surface area contributed by atoms with Gasteiger partial charge in [0, 0.05) is 5.56 Å². The number of fused-ring (bicyclic) bond motifs is 8. The predicted molar refractivity (Wildman–Crippen MR) is 178 cm³/mol. The van der Waals surface area contributed by atoms with Crippen molar-refractivity contribution < 1.29 is 19.5 Å². The maximum absolute atomic E-state index is 5.17. The minimum atomic E-state index is -1.68. The molecular weight excluding hydrogens is 594 g/mol. The molecular formula is C37H28N4SiZn. The molecule has 202 valence electrons. The first kappa shape index (κ1) is 28.6. The van der Waals surface area contributed by atoms with Gasteiger partial charge in [-0.3, -0.25) is 0 Å². The Bertz CT molecular complexity index is 2080. The van der Waals surface area contributed by atoms with E-state index < -0.39 is 8.07 Å². The summed E-state index contributed by atoms with van der Waals surface area (Å²) in [5.41, 5.74) is 15.3. The molecule has 2 aromatic carbocycles. The van der Waals surface area contributed by atoms with Crippen LogP contribution in [-0.2, 0) is 19.5 Å². The second-order valence-corrected chi connectivity index (χ2v) is 16.2. The maximum atomic E-state index is 5.17. The largest absolute Gasteiger partial charge is 2.00 e. The van der Waals surface area contributed by atoms with Crippen LogP contribution >= 0.6 is 0 Å². The van der Waals surface area contributed by atoms with Gasteiger partial charge < -0.3 is 9.97 Å². The van der Waals surface area contributed by atoms with Gasteiger partial charge in [0.2, 0.25) is 0 Å². The molecule has 0 radical (unpaired) electrons. The zero-order valence-electron chi connectivity index (χ0n) is 24.5. The van der Waals surface area contributed by atoms with E-state index in [0.29, 0.717) is 0 Å². The summed E-state index contributed by atoms with van der Waals surface area (Å²) in [6.45, 7) is 6.75. The van der Waals surface area contributed by atoms with Gasteiger partial charge in [-0.2, -0.15) is 0 Å². The maximum Gasteiger partial charge on any atom is 2.00 e. The van der Waals surface area contributed by atoms with Gasteiger partial charge in [0.1, 0.15) is 8.07 Å². The number of hydrogen-bond donors (Lipinski definition) is 0. The van der Waals surface area contributed by atoms with Gasteiger partial charge in [-0.1, -0.05) is 117 Å². The van der Waals surface area contributed by atoms with E-state index in [1.54, 1.807) is 0 Å². The van der Waals surface area contributed by atoms with Crippen molar-refractivity contribution in [3.8, 4) is 33.7 Å². The standard InChI is InChI=1S/C37H28N4Si.Zn/c1-42(2,3)23-22-29-30-18-20-34(40-30)36(25-10-6-4-7-11-25)32-16-14-27(38-32)24-28-15-17-33(39-28)37(26-12-8-5-9-13-26)35-21-19-31(29)41-35;/h4-21,24H,1-3H3;/q-2;+2. The molecule has 0 amide bonds. The molecule has 0 spiro atoms. The molecule has 8 bridgehead atoms. The van der Waals surface area contributed by atoms with Crippen molar-refractivity contribution in [2.24, 2.45) is 0 Å². The van der Waals surface area contributed by atoms with Crippen LogP contribution in [0.5, 0.6) is 0 Å². The van der Waals surface area contributed by atoms with Crippen molar-refractivity contribution in [2.75, 3.05) is 0 Å². The van der Waals surface area contributed by atoms with Crippen molar-refractivity contribution in [2.45, 2.75) is 19.6 Å². The Labute approximate surface area is 265 Å². The fourth-order valence-corrected chi connectivity index (χ4v) is 5.70. The first-order chi connectivity index (χ1) is 20.4. The fraction of sp³-hybridized carbons (Fsp3) is 0.0811. The molecule has 2 aliphatic rings. The molecule has 0 N–H and O–H groups in total. The summed E-state index contributed by atoms with van der Waals surface area (Å²) in [5.74, 6) is 3.51. The second-order valence-electron chi connectivity index (χ2n) is 11.4. The molecule has 0 aliphatic carbocycles. The van der Waals surface area contributed by atoms with Crippen LogP contribution in [0.1, 0.15) is 28.3 Å². The molecule has 5 aromatic rings. The van der Waals surface area contributed by atoms with Crippen LogP contribution in [0.15, 0.2) is 91.0 Å². The van der Waals surface area contributed by atoms with E-state index in [9.17, 15) is 0 Å². The van der Waals surface area contributed by atoms with E-state index >= 15 is 0 Å². The monoisotopic (exact) mass is 620 g/mol. The van der Waals surface area contributed by atoms with Gasteiger partial charge in [0.15, 0.2) is 0 Å². The molecule has 7 rings (SSSR count). The van der Waals surface area contributed by atoms with Gasteiger partial charge in [0.25, 0.3) is 0 Å². The minimum absolute atomic E-state index is 0. The summed E-state index contributed by atoms with van der Waals surface area (Å²) in [7, 11) is -1.68. The third-order valence-electron chi connectivity index (χ3n) is 7.12. The van der Waals surface area contributed by atoms with Crippen LogP contribution in [0.2, 0.25) is 19.6 Å². The predicted octanol–water partition coefficient (Wildman–Crippen LogP) is 8.47. The Balaban J connectivity index is 0.00000329. The van der Waals surface area contributed by atoms with E-state index in [0.717, 1.165) is 72.7 Å². The third kappa shape index (κ3) is 5.88. The minimum Gasteiger partial charge on any atom is -0.657 e. The van der Waals surface area contributed by atoms with E-state index in [1.807, 2.05) is 54.6 Å². The zero-order valence-corrected chi connectivity index (χ0v) is 28.4. The summed E-state index contributed by atoms with van der Waals surface area (Å²) in [6.07, 6.45) is 8.23. The Hall–Kier alpha value is -4.56. The number of hydrogen-bond acceptors (Lipinski definition) is 2. The Kier molecular flexibility index (Phi) is 7.71. The molecule has 4 nitrogen and oxygen atoms in total. The van der Waals surface area contributed by atoms with Crippen molar-refractivity contribution >= 4 is 54.4 Å². The van der Waals surface area contributed by atoms with Crippen LogP contribution in [0.3, 0.4) is 0 Å². The quantitative estimate of drug-likeness (QED) is 0.144. The summed E-state index contributed by atoms with van der Waals surface area (Å²) >= 11 is 0. The van der Waals surface area contributed by atoms with Gasteiger partial charge in [-0.05, 0) is 46.6 Å². The number of aromatic nitrogens is 4. The molecule has 3 aromatic heterocycles. The van der Waals surface area contributed by atoms with Crippen molar-refractivity contribution in [3.63, 3.8) is 0 Å². The fourth-order valence-electron chi connectivity index (χ4n) is 5.20. The van der Waals surface area contributed by atoms with Crippen LogP contribution in [0.25, 0.3) is 68.6 Å². The molecule has 0 saturated heterocycles. The molecule has 0 saturated carbocycles. The molecule has 5 heterocycles. The Morgan fingerprint density at radius 1 is 0.581 bits per heavy atom. The molecule has 43 heavy (non-hydrogen) atoms. The average Bonchev–Trinajstić information content (AvgIpc) is 3.80. The summed E-state index contributed by atoms with van der Waals surface area (Å²) < 4.78 is 0. The topological polar surface area (TPSA) is 54.0 Å². The smallest absolute Gasteiger partial charge is 0.657 e. The summed E-state index contributed by atoms with van der Waals surface area (Å²) in [5, 5.41) is 0. The van der Waals surface area contributed by atoms with E-state index in [-0.39, 0.29) is 19.5 Å². The van der Waals surface area contributed by atoms with Gasteiger partial charge in [-0.25, -0.2) is 9.97 Å². The van der Waals surface area contributed by atoms with Crippen molar-refractivity contribution in [1.82, 2.24) is 19.9 Å². The van der Waals surface area contributed by atoms with Crippen molar-refractivity contribution in [3.05, 3.63) is 119 Å². The molecule has 0 unspecified atom stereocenters. The summed E-state index contributed by atoms with van der Waals surface area (Å²) in [4.78, 5) is 20.4. The van der Waals surface area contributed by atoms with Gasteiger partial charge in [0.05, 0.1) is 22.8 Å². The Morgan fingerprint density at radius 3 is 1.81 bits per heavy atom. The van der Waals surface area contributed by atoms with Gasteiger partial charge >= 0.3 is 19.5 Å². The number of rotatable bonds is 2. The van der Waals surface area contributed by atoms with E-state index in [2.05, 4.69) is 91.8 Å².